The van der Waals surface area contributed by atoms with Crippen molar-refractivity contribution in [2.24, 2.45) is 0 Å². The summed E-state index contributed by atoms with van der Waals surface area (Å²) >= 11 is 0. The molecule has 6 heteroatoms. The molecule has 2 aliphatic rings. The van der Waals surface area contributed by atoms with Gasteiger partial charge in [0.2, 0.25) is 0 Å². The third-order valence-electron chi connectivity index (χ3n) is 7.10. The summed E-state index contributed by atoms with van der Waals surface area (Å²) in [4.78, 5) is 14.6. The number of nitrogens with one attached hydrogen (secondary N) is 1. The molecule has 2 unspecified atom stereocenters. The van der Waals surface area contributed by atoms with Crippen molar-refractivity contribution >= 4 is 11.8 Å². The van der Waals surface area contributed by atoms with Gasteiger partial charge in [-0.15, -0.1) is 0 Å². The van der Waals surface area contributed by atoms with E-state index in [-0.39, 0.29) is 25.5 Å². The molecule has 0 saturated carbocycles. The summed E-state index contributed by atoms with van der Waals surface area (Å²) in [6.07, 6.45) is 0.0527. The van der Waals surface area contributed by atoms with Crippen LogP contribution in [-0.4, -0.2) is 48.7 Å². The number of carbonyl (C=O) groups is 1. The van der Waals surface area contributed by atoms with Crippen LogP contribution in [0.2, 0.25) is 0 Å². The molecule has 3 aromatic rings. The Bertz CT molecular complexity index is 1130. The molecule has 3 N–H and O–H groups in total. The maximum absolute atomic E-state index is 12.4. The van der Waals surface area contributed by atoms with E-state index < -0.39 is 18.3 Å². The van der Waals surface area contributed by atoms with Gasteiger partial charge >= 0.3 is 6.09 Å². The lowest BCUT2D eigenvalue weighted by Crippen LogP contribution is -2.30. The number of nitrogens with zero attached hydrogens (tertiary/aromatic N) is 1. The second kappa shape index (κ2) is 10.5. The highest BCUT2D eigenvalue weighted by Gasteiger charge is 2.29. The monoisotopic (exact) mass is 472 g/mol. The zero-order chi connectivity index (χ0) is 24.2. The van der Waals surface area contributed by atoms with Crippen LogP contribution >= 0.6 is 0 Å². The Labute approximate surface area is 206 Å². The standard InChI is InChI=1S/C29H32N2O4/c32-27(28(33)20-8-7-9-21(18-20)31-16-5-6-17-31)14-15-30-29(34)35-19-26-24-12-3-1-10-22(24)23-11-2-4-13-25(23)26/h1-4,7-13,18,26-28,32-33H,5-6,14-17,19H2,(H,30,34). The van der Waals surface area contributed by atoms with Gasteiger partial charge in [0.1, 0.15) is 12.7 Å². The number of amides is 1. The van der Waals surface area contributed by atoms with Gasteiger partial charge in [0.25, 0.3) is 0 Å². The molecule has 1 aliphatic heterocycles. The van der Waals surface area contributed by atoms with Gasteiger partial charge in [-0.2, -0.15) is 0 Å². The summed E-state index contributed by atoms with van der Waals surface area (Å²) in [6, 6.07) is 24.1. The van der Waals surface area contributed by atoms with E-state index >= 15 is 0 Å². The largest absolute Gasteiger partial charge is 0.449 e. The highest BCUT2D eigenvalue weighted by molar-refractivity contribution is 5.79. The van der Waals surface area contributed by atoms with Crippen molar-refractivity contribution in [3.8, 4) is 11.1 Å². The molecule has 1 heterocycles. The van der Waals surface area contributed by atoms with Gasteiger partial charge in [-0.05, 0) is 59.2 Å². The van der Waals surface area contributed by atoms with E-state index in [1.54, 1.807) is 0 Å². The lowest BCUT2D eigenvalue weighted by Gasteiger charge is -2.22. The molecule has 1 aliphatic carbocycles. The lowest BCUT2D eigenvalue weighted by molar-refractivity contribution is 0.0137. The normalized spacial score (nSPS) is 16.5. The number of hydrogen-bond donors (Lipinski definition) is 3. The molecule has 182 valence electrons. The van der Waals surface area contributed by atoms with Crippen molar-refractivity contribution in [1.82, 2.24) is 5.32 Å². The third-order valence-corrected chi connectivity index (χ3v) is 7.10. The molecule has 1 fully saturated rings. The maximum Gasteiger partial charge on any atom is 0.407 e. The van der Waals surface area contributed by atoms with Crippen LogP contribution in [0.5, 0.6) is 0 Å². The van der Waals surface area contributed by atoms with E-state index in [9.17, 15) is 15.0 Å². The van der Waals surface area contributed by atoms with Gasteiger partial charge in [-0.25, -0.2) is 4.79 Å². The van der Waals surface area contributed by atoms with Crippen molar-refractivity contribution in [3.63, 3.8) is 0 Å². The minimum absolute atomic E-state index is 0.00319. The Balaban J connectivity index is 1.11. The minimum atomic E-state index is -1.01. The Hall–Kier alpha value is -3.35. The van der Waals surface area contributed by atoms with Gasteiger partial charge in [0, 0.05) is 31.2 Å². The van der Waals surface area contributed by atoms with Gasteiger partial charge in [0.15, 0.2) is 0 Å². The fourth-order valence-electron chi connectivity index (χ4n) is 5.23. The van der Waals surface area contributed by atoms with Crippen molar-refractivity contribution in [2.75, 3.05) is 31.1 Å². The molecule has 5 rings (SSSR count). The number of anilines is 1. The second-order valence-electron chi connectivity index (χ2n) is 9.34. The zero-order valence-corrected chi connectivity index (χ0v) is 19.8. The Kier molecular flexibility index (Phi) is 7.02. The lowest BCUT2D eigenvalue weighted by atomic mass is 9.98. The first-order valence-electron chi connectivity index (χ1n) is 12.4. The molecule has 0 radical (unpaired) electrons. The molecular formula is C29H32N2O4. The summed E-state index contributed by atoms with van der Waals surface area (Å²) in [6.45, 7) is 2.49. The predicted molar refractivity (Wildman–Crippen MR) is 137 cm³/mol. The van der Waals surface area contributed by atoms with Crippen LogP contribution in [0.3, 0.4) is 0 Å². The first-order chi connectivity index (χ1) is 17.1. The molecule has 1 amide bonds. The van der Waals surface area contributed by atoms with E-state index in [1.165, 1.54) is 24.0 Å². The average Bonchev–Trinajstić information content (AvgIpc) is 3.54. The smallest absolute Gasteiger partial charge is 0.407 e. The molecule has 35 heavy (non-hydrogen) atoms. The van der Waals surface area contributed by atoms with Crippen LogP contribution in [0.1, 0.15) is 48.0 Å². The average molecular weight is 473 g/mol. The molecule has 3 aromatic carbocycles. The topological polar surface area (TPSA) is 82.0 Å². The first kappa shape index (κ1) is 23.4. The number of aliphatic hydroxyl groups excluding tert-OH is 2. The van der Waals surface area contributed by atoms with E-state index in [0.29, 0.717) is 5.56 Å². The van der Waals surface area contributed by atoms with Crippen LogP contribution in [0.15, 0.2) is 72.8 Å². The van der Waals surface area contributed by atoms with Crippen LogP contribution in [-0.2, 0) is 4.74 Å². The van der Waals surface area contributed by atoms with Crippen LogP contribution in [0.25, 0.3) is 11.1 Å². The Morgan fingerprint density at radius 3 is 2.29 bits per heavy atom. The van der Waals surface area contributed by atoms with E-state index in [4.69, 9.17) is 4.74 Å². The van der Waals surface area contributed by atoms with E-state index in [0.717, 1.165) is 29.9 Å². The number of aliphatic hydroxyl groups is 2. The minimum Gasteiger partial charge on any atom is -0.449 e. The second-order valence-corrected chi connectivity index (χ2v) is 9.34. The molecule has 0 aromatic heterocycles. The number of fused-ring (bicyclic) bond motifs is 3. The number of ether oxygens (including phenoxy) is 1. The van der Waals surface area contributed by atoms with Gasteiger partial charge < -0.3 is 25.2 Å². The number of hydrogen-bond acceptors (Lipinski definition) is 5. The van der Waals surface area contributed by atoms with Crippen LogP contribution < -0.4 is 10.2 Å². The van der Waals surface area contributed by atoms with Crippen molar-refractivity contribution in [1.29, 1.82) is 0 Å². The molecule has 0 bridgehead atoms. The first-order valence-corrected chi connectivity index (χ1v) is 12.4. The SMILES string of the molecule is O=C(NCCC(O)C(O)c1cccc(N2CCCC2)c1)OCC1c2ccccc2-c2ccccc21. The summed E-state index contributed by atoms with van der Waals surface area (Å²) < 4.78 is 5.54. The summed E-state index contributed by atoms with van der Waals surface area (Å²) in [5, 5.41) is 23.9. The molecule has 6 nitrogen and oxygen atoms in total. The number of rotatable bonds is 8. The predicted octanol–water partition coefficient (Wildman–Crippen LogP) is 4.61. The van der Waals surface area contributed by atoms with Crippen molar-refractivity contribution in [2.45, 2.75) is 37.4 Å². The highest BCUT2D eigenvalue weighted by Crippen LogP contribution is 2.44. The van der Waals surface area contributed by atoms with Crippen LogP contribution in [0.4, 0.5) is 10.5 Å². The molecule has 0 spiro atoms. The van der Waals surface area contributed by atoms with Crippen LogP contribution in [0, 0.1) is 0 Å². The number of alkyl carbamates (subject to hydrolysis) is 1. The van der Waals surface area contributed by atoms with E-state index in [2.05, 4.69) is 34.5 Å². The maximum atomic E-state index is 12.4. The molecule has 2 atom stereocenters. The van der Waals surface area contributed by atoms with E-state index in [1.807, 2.05) is 48.5 Å². The summed E-state index contributed by atoms with van der Waals surface area (Å²) in [5.74, 6) is 0.00319. The number of benzene rings is 3. The Morgan fingerprint density at radius 2 is 1.60 bits per heavy atom. The zero-order valence-electron chi connectivity index (χ0n) is 19.8. The third kappa shape index (κ3) is 5.04. The van der Waals surface area contributed by atoms with Gasteiger partial charge in [0.05, 0.1) is 6.10 Å². The van der Waals surface area contributed by atoms with Crippen molar-refractivity contribution in [3.05, 3.63) is 89.5 Å². The fourth-order valence-corrected chi connectivity index (χ4v) is 5.23. The molecular weight excluding hydrogens is 440 g/mol. The summed E-state index contributed by atoms with van der Waals surface area (Å²) in [7, 11) is 0. The number of carbonyl (C=O) groups excluding carboxylic acids is 1. The summed E-state index contributed by atoms with van der Waals surface area (Å²) in [5.41, 5.74) is 6.45. The molecule has 1 saturated heterocycles. The highest BCUT2D eigenvalue weighted by atomic mass is 16.5. The Morgan fingerprint density at radius 1 is 0.943 bits per heavy atom. The van der Waals surface area contributed by atoms with Gasteiger partial charge in [-0.1, -0.05) is 60.7 Å². The fraction of sp³-hybridized carbons (Fsp3) is 0.345. The van der Waals surface area contributed by atoms with Gasteiger partial charge in [-0.3, -0.25) is 0 Å². The quantitative estimate of drug-likeness (QED) is 0.446. The van der Waals surface area contributed by atoms with Crippen molar-refractivity contribution < 1.29 is 19.7 Å².